The molecule has 0 saturated carbocycles. The van der Waals surface area contributed by atoms with Crippen LogP contribution in [0.2, 0.25) is 0 Å². The second kappa shape index (κ2) is 4.90. The van der Waals surface area contributed by atoms with E-state index in [9.17, 15) is 9.90 Å². The van der Waals surface area contributed by atoms with Crippen molar-refractivity contribution in [3.8, 4) is 0 Å². The van der Waals surface area contributed by atoms with E-state index in [-0.39, 0.29) is 0 Å². The van der Waals surface area contributed by atoms with Gasteiger partial charge in [0.05, 0.1) is 5.69 Å². The summed E-state index contributed by atoms with van der Waals surface area (Å²) >= 11 is 1.57. The molecule has 2 N–H and O–H groups in total. The number of aromatic nitrogens is 1. The number of carboxylic acids is 1. The van der Waals surface area contributed by atoms with Gasteiger partial charge in [-0.25, -0.2) is 4.98 Å². The molecule has 1 atom stereocenters. The molecule has 104 valence electrons. The average Bonchev–Trinajstić information content (AvgIpc) is 2.94. The van der Waals surface area contributed by atoms with Gasteiger partial charge in [0.2, 0.25) is 0 Å². The number of nitrogens with one attached hydrogen (secondary N) is 1. The van der Waals surface area contributed by atoms with Crippen LogP contribution in [0.25, 0.3) is 0 Å². The van der Waals surface area contributed by atoms with E-state index in [2.05, 4.69) is 30.2 Å². The second-order valence-electron chi connectivity index (χ2n) is 5.13. The van der Waals surface area contributed by atoms with Crippen LogP contribution in [0.1, 0.15) is 34.0 Å². The Morgan fingerprint density at radius 2 is 2.25 bits per heavy atom. The highest BCUT2D eigenvalue weighted by atomic mass is 32.1. The maximum absolute atomic E-state index is 11.2. The first-order valence-corrected chi connectivity index (χ1v) is 7.43. The zero-order valence-corrected chi connectivity index (χ0v) is 12.3. The van der Waals surface area contributed by atoms with E-state index in [1.165, 1.54) is 11.1 Å². The van der Waals surface area contributed by atoms with E-state index in [0.717, 1.165) is 27.8 Å². The topological polar surface area (TPSA) is 62.2 Å². The number of carboxylic acid groups (broad SMARTS) is 1. The number of fused-ring (bicyclic) bond motifs is 1. The van der Waals surface area contributed by atoms with Gasteiger partial charge in [0.1, 0.15) is 5.92 Å². The quantitative estimate of drug-likeness (QED) is 0.905. The molecule has 3 rings (SSSR count). The number of nitrogens with zero attached hydrogens (tertiary/aromatic N) is 1. The summed E-state index contributed by atoms with van der Waals surface area (Å²) in [5, 5.41) is 13.3. The summed E-state index contributed by atoms with van der Waals surface area (Å²) in [6.07, 6.45) is 1.49. The Morgan fingerprint density at radius 1 is 1.45 bits per heavy atom. The van der Waals surface area contributed by atoms with E-state index < -0.39 is 11.9 Å². The van der Waals surface area contributed by atoms with Crippen molar-refractivity contribution in [1.29, 1.82) is 0 Å². The number of aliphatic carboxylic acids is 1. The van der Waals surface area contributed by atoms with Crippen LogP contribution in [-0.2, 0) is 11.2 Å². The normalized spacial score (nSPS) is 17.0. The van der Waals surface area contributed by atoms with Gasteiger partial charge in [0.15, 0.2) is 5.13 Å². The van der Waals surface area contributed by atoms with Gasteiger partial charge in [-0.1, -0.05) is 12.1 Å². The van der Waals surface area contributed by atoms with E-state index in [1.54, 1.807) is 11.3 Å². The lowest BCUT2D eigenvalue weighted by Gasteiger charge is -2.09. The Morgan fingerprint density at radius 3 is 3.00 bits per heavy atom. The van der Waals surface area contributed by atoms with Crippen molar-refractivity contribution in [2.75, 3.05) is 5.32 Å². The van der Waals surface area contributed by atoms with Crippen molar-refractivity contribution in [3.63, 3.8) is 0 Å². The van der Waals surface area contributed by atoms with E-state index in [0.29, 0.717) is 6.42 Å². The first-order valence-electron chi connectivity index (χ1n) is 6.62. The first-order chi connectivity index (χ1) is 9.56. The first kappa shape index (κ1) is 13.1. The Kier molecular flexibility index (Phi) is 3.22. The summed E-state index contributed by atoms with van der Waals surface area (Å²) in [7, 11) is 0. The smallest absolute Gasteiger partial charge is 0.312 e. The van der Waals surface area contributed by atoms with Crippen molar-refractivity contribution < 1.29 is 9.90 Å². The molecular weight excluding hydrogens is 272 g/mol. The van der Waals surface area contributed by atoms with E-state index >= 15 is 0 Å². The van der Waals surface area contributed by atoms with Gasteiger partial charge < -0.3 is 10.4 Å². The molecule has 0 fully saturated rings. The van der Waals surface area contributed by atoms with Crippen LogP contribution in [0.5, 0.6) is 0 Å². The molecule has 1 aliphatic rings. The summed E-state index contributed by atoms with van der Waals surface area (Å²) in [5.41, 5.74) is 4.19. The summed E-state index contributed by atoms with van der Waals surface area (Å²) in [4.78, 5) is 16.8. The third-order valence-corrected chi connectivity index (χ3v) is 4.91. The molecule has 0 aliphatic heterocycles. The van der Waals surface area contributed by atoms with Gasteiger partial charge in [-0.05, 0) is 43.9 Å². The van der Waals surface area contributed by atoms with E-state index in [1.807, 2.05) is 12.1 Å². The van der Waals surface area contributed by atoms with Gasteiger partial charge in [0.25, 0.3) is 0 Å². The molecule has 0 spiro atoms. The third-order valence-electron chi connectivity index (χ3n) is 3.86. The van der Waals surface area contributed by atoms with Crippen LogP contribution in [0.3, 0.4) is 0 Å². The predicted molar refractivity (Wildman–Crippen MR) is 80.0 cm³/mol. The monoisotopic (exact) mass is 288 g/mol. The number of rotatable bonds is 3. The molecule has 1 heterocycles. The fourth-order valence-electron chi connectivity index (χ4n) is 2.52. The Bertz CT molecular complexity index is 679. The minimum Gasteiger partial charge on any atom is -0.481 e. The number of thiazole rings is 1. The molecule has 0 bridgehead atoms. The van der Waals surface area contributed by atoms with Crippen LogP contribution >= 0.6 is 11.3 Å². The Labute approximate surface area is 121 Å². The molecule has 1 aliphatic carbocycles. The van der Waals surface area contributed by atoms with Crippen molar-refractivity contribution in [3.05, 3.63) is 39.9 Å². The summed E-state index contributed by atoms with van der Waals surface area (Å²) < 4.78 is 0. The zero-order valence-electron chi connectivity index (χ0n) is 11.4. The lowest BCUT2D eigenvalue weighted by Crippen LogP contribution is -2.08. The van der Waals surface area contributed by atoms with Gasteiger partial charge in [-0.2, -0.15) is 0 Å². The summed E-state index contributed by atoms with van der Waals surface area (Å²) in [6, 6.07) is 6.10. The molecule has 0 amide bonds. The number of hydrogen-bond acceptors (Lipinski definition) is 4. The van der Waals surface area contributed by atoms with E-state index in [4.69, 9.17) is 0 Å². The third kappa shape index (κ3) is 2.18. The molecule has 1 unspecified atom stereocenters. The molecule has 20 heavy (non-hydrogen) atoms. The van der Waals surface area contributed by atoms with Crippen molar-refractivity contribution in [2.24, 2.45) is 0 Å². The van der Waals surface area contributed by atoms with Gasteiger partial charge in [-0.3, -0.25) is 4.79 Å². The van der Waals surface area contributed by atoms with Crippen LogP contribution < -0.4 is 5.32 Å². The maximum Gasteiger partial charge on any atom is 0.312 e. The second-order valence-corrected chi connectivity index (χ2v) is 6.21. The molecule has 2 aromatic rings. The molecular formula is C15H16N2O2S. The van der Waals surface area contributed by atoms with Crippen molar-refractivity contribution in [1.82, 2.24) is 4.98 Å². The Hall–Kier alpha value is -1.88. The van der Waals surface area contributed by atoms with Crippen molar-refractivity contribution >= 4 is 28.1 Å². The van der Waals surface area contributed by atoms with Crippen LogP contribution in [0, 0.1) is 13.8 Å². The number of carbonyl (C=O) groups is 1. The number of hydrogen-bond donors (Lipinski definition) is 2. The van der Waals surface area contributed by atoms with Gasteiger partial charge in [-0.15, -0.1) is 11.3 Å². The molecule has 4 nitrogen and oxygen atoms in total. The highest BCUT2D eigenvalue weighted by Gasteiger charge is 2.32. The minimum absolute atomic E-state index is 0.435. The lowest BCUT2D eigenvalue weighted by atomic mass is 10.1. The largest absolute Gasteiger partial charge is 0.481 e. The van der Waals surface area contributed by atoms with Gasteiger partial charge in [0, 0.05) is 10.6 Å². The van der Waals surface area contributed by atoms with Gasteiger partial charge >= 0.3 is 5.97 Å². The van der Waals surface area contributed by atoms with Crippen LogP contribution in [0.4, 0.5) is 10.8 Å². The van der Waals surface area contributed by atoms with Crippen LogP contribution in [0.15, 0.2) is 18.2 Å². The zero-order chi connectivity index (χ0) is 14.3. The fraction of sp³-hybridized carbons (Fsp3) is 0.333. The highest BCUT2D eigenvalue weighted by Crippen LogP contribution is 2.39. The Balaban J connectivity index is 1.88. The minimum atomic E-state index is -0.771. The fourth-order valence-corrected chi connectivity index (χ4v) is 3.57. The lowest BCUT2D eigenvalue weighted by molar-refractivity contribution is -0.138. The number of aryl methyl sites for hydroxylation is 2. The molecule has 5 heteroatoms. The summed E-state index contributed by atoms with van der Waals surface area (Å²) in [5.74, 6) is -1.21. The SMILES string of the molecule is Cc1cccc(Nc2nc3c(s2)CCC3C(=O)O)c1C. The van der Waals surface area contributed by atoms with Crippen molar-refractivity contribution in [2.45, 2.75) is 32.6 Å². The molecule has 0 saturated heterocycles. The number of benzene rings is 1. The summed E-state index contributed by atoms with van der Waals surface area (Å²) in [6.45, 7) is 4.14. The average molecular weight is 288 g/mol. The highest BCUT2D eigenvalue weighted by molar-refractivity contribution is 7.15. The molecule has 1 aromatic carbocycles. The maximum atomic E-state index is 11.2. The van der Waals surface area contributed by atoms with Crippen LogP contribution in [-0.4, -0.2) is 16.1 Å². The molecule has 0 radical (unpaired) electrons. The standard InChI is InChI=1S/C15H16N2O2S/c1-8-4-3-5-11(9(8)2)16-15-17-13-10(14(18)19)6-7-12(13)20-15/h3-5,10H,6-7H2,1-2H3,(H,16,17)(H,18,19). The number of anilines is 2. The predicted octanol–water partition coefficient (Wildman–Crippen LogP) is 3.62. The molecule has 1 aromatic heterocycles.